The molecule has 3 heteroatoms. The molecule has 0 aromatic heterocycles. The lowest BCUT2D eigenvalue weighted by molar-refractivity contribution is -0.121. The van der Waals surface area contributed by atoms with Gasteiger partial charge in [0.2, 0.25) is 5.91 Å². The van der Waals surface area contributed by atoms with Crippen molar-refractivity contribution in [1.29, 1.82) is 0 Å². The summed E-state index contributed by atoms with van der Waals surface area (Å²) in [6.45, 7) is 4.31. The molecule has 0 heterocycles. The first-order valence-corrected chi connectivity index (χ1v) is 10.3. The summed E-state index contributed by atoms with van der Waals surface area (Å²) in [4.78, 5) is 11.5. The second kappa shape index (κ2) is 18.5. The Morgan fingerprint density at radius 3 is 1.92 bits per heavy atom. The molecule has 0 fully saturated rings. The van der Waals surface area contributed by atoms with Crippen LogP contribution in [0.1, 0.15) is 104 Å². The van der Waals surface area contributed by atoms with Crippen LogP contribution in [0.3, 0.4) is 0 Å². The molecule has 0 aromatic carbocycles. The van der Waals surface area contributed by atoms with Crippen molar-refractivity contribution in [2.75, 3.05) is 6.54 Å². The van der Waals surface area contributed by atoms with Crippen LogP contribution < -0.4 is 5.32 Å². The smallest absolute Gasteiger partial charge is 0.220 e. The van der Waals surface area contributed by atoms with Crippen molar-refractivity contribution >= 4 is 5.91 Å². The highest BCUT2D eigenvalue weighted by Crippen LogP contribution is 2.09. The fraction of sp³-hybridized carbons (Fsp3) is 0.857. The van der Waals surface area contributed by atoms with E-state index in [1.807, 2.05) is 0 Å². The summed E-state index contributed by atoms with van der Waals surface area (Å²) in [6, 6.07) is 0. The fourth-order valence-electron chi connectivity index (χ4n) is 2.71. The number of allylic oxidation sites excluding steroid dienone is 2. The van der Waals surface area contributed by atoms with Crippen molar-refractivity contribution in [3.05, 3.63) is 12.2 Å². The van der Waals surface area contributed by atoms with Gasteiger partial charge in [-0.1, -0.05) is 70.4 Å². The molecule has 3 nitrogen and oxygen atoms in total. The third-order valence-corrected chi connectivity index (χ3v) is 4.26. The summed E-state index contributed by atoms with van der Waals surface area (Å²) in [5, 5.41) is 11.8. The third kappa shape index (κ3) is 19.2. The van der Waals surface area contributed by atoms with E-state index in [2.05, 4.69) is 24.4 Å². The molecule has 0 saturated heterocycles. The lowest BCUT2D eigenvalue weighted by atomic mass is 10.1. The second-order valence-electron chi connectivity index (χ2n) is 6.99. The molecule has 1 amide bonds. The zero-order chi connectivity index (χ0) is 17.9. The first-order chi connectivity index (χ1) is 11.7. The predicted molar refractivity (Wildman–Crippen MR) is 104 cm³/mol. The van der Waals surface area contributed by atoms with Crippen molar-refractivity contribution < 1.29 is 9.90 Å². The van der Waals surface area contributed by atoms with E-state index in [4.69, 9.17) is 5.11 Å². The van der Waals surface area contributed by atoms with Crippen LogP contribution in [-0.2, 0) is 4.79 Å². The number of unbranched alkanes of at least 4 members (excludes halogenated alkanes) is 11. The Hall–Kier alpha value is -0.830. The van der Waals surface area contributed by atoms with Gasteiger partial charge in [0.1, 0.15) is 0 Å². The summed E-state index contributed by atoms with van der Waals surface area (Å²) in [5.74, 6) is 0.0635. The number of carbonyl (C=O) groups excluding carboxylic acids is 1. The molecule has 0 aromatic rings. The predicted octanol–water partition coefficient (Wildman–Crippen LogP) is 5.52. The number of carbonyl (C=O) groups is 1. The molecule has 24 heavy (non-hydrogen) atoms. The van der Waals surface area contributed by atoms with Crippen molar-refractivity contribution in [1.82, 2.24) is 5.32 Å². The second-order valence-corrected chi connectivity index (χ2v) is 6.99. The van der Waals surface area contributed by atoms with Crippen molar-refractivity contribution in [2.24, 2.45) is 0 Å². The Kier molecular flexibility index (Phi) is 17.9. The molecule has 1 atom stereocenters. The van der Waals surface area contributed by atoms with Gasteiger partial charge in [-0.25, -0.2) is 0 Å². The Labute approximate surface area is 150 Å². The van der Waals surface area contributed by atoms with Gasteiger partial charge in [0, 0.05) is 13.0 Å². The van der Waals surface area contributed by atoms with E-state index in [9.17, 15) is 4.79 Å². The largest absolute Gasteiger partial charge is 0.392 e. The minimum atomic E-state index is -0.455. The van der Waals surface area contributed by atoms with Crippen LogP contribution in [-0.4, -0.2) is 23.7 Å². The minimum Gasteiger partial charge on any atom is -0.392 e. The average Bonchev–Trinajstić information content (AvgIpc) is 2.56. The van der Waals surface area contributed by atoms with Crippen molar-refractivity contribution in [2.45, 2.75) is 110 Å². The van der Waals surface area contributed by atoms with E-state index in [1.165, 1.54) is 70.6 Å². The van der Waals surface area contributed by atoms with Gasteiger partial charge < -0.3 is 10.4 Å². The summed E-state index contributed by atoms with van der Waals surface area (Å²) in [7, 11) is 0. The number of hydrogen-bond acceptors (Lipinski definition) is 2. The Bertz CT molecular complexity index is 300. The fourth-order valence-corrected chi connectivity index (χ4v) is 2.71. The van der Waals surface area contributed by atoms with E-state index >= 15 is 0 Å². The van der Waals surface area contributed by atoms with Gasteiger partial charge in [-0.3, -0.25) is 4.79 Å². The lowest BCUT2D eigenvalue weighted by Gasteiger charge is -2.06. The van der Waals surface area contributed by atoms with Crippen LogP contribution in [0, 0.1) is 0 Å². The quantitative estimate of drug-likeness (QED) is 0.271. The van der Waals surface area contributed by atoms with Gasteiger partial charge in [-0.2, -0.15) is 0 Å². The first kappa shape index (κ1) is 23.2. The maximum Gasteiger partial charge on any atom is 0.220 e. The molecule has 0 radical (unpaired) electrons. The molecule has 0 rings (SSSR count). The summed E-state index contributed by atoms with van der Waals surface area (Å²) in [6.07, 6.45) is 21.4. The normalized spacial score (nSPS) is 12.6. The summed E-state index contributed by atoms with van der Waals surface area (Å²) >= 11 is 0. The average molecular weight is 340 g/mol. The number of nitrogens with one attached hydrogen (secondary N) is 1. The zero-order valence-electron chi connectivity index (χ0n) is 16.2. The number of aliphatic hydroxyl groups excluding tert-OH is 1. The van der Waals surface area contributed by atoms with Gasteiger partial charge in [0.15, 0.2) is 0 Å². The molecule has 0 spiro atoms. The van der Waals surface area contributed by atoms with E-state index in [0.717, 1.165) is 12.8 Å². The zero-order valence-corrected chi connectivity index (χ0v) is 16.2. The molecule has 0 bridgehead atoms. The Morgan fingerprint density at radius 2 is 1.38 bits per heavy atom. The van der Waals surface area contributed by atoms with Crippen LogP contribution >= 0.6 is 0 Å². The highest BCUT2D eigenvalue weighted by molar-refractivity contribution is 5.75. The van der Waals surface area contributed by atoms with Gasteiger partial charge in [0.05, 0.1) is 6.10 Å². The standard InChI is InChI=1S/C21H41NO2/c1-3-4-5-6-7-8-9-10-11-12-13-14-15-16-17-18-21(24)22-19-20(2)23/h10-11,20,23H,3-9,12-19H2,1-2H3,(H,22,24)/t20-/m1/s1. The van der Waals surface area contributed by atoms with Gasteiger partial charge in [-0.15, -0.1) is 0 Å². The van der Waals surface area contributed by atoms with Gasteiger partial charge in [0.25, 0.3) is 0 Å². The van der Waals surface area contributed by atoms with Gasteiger partial charge in [-0.05, 0) is 39.0 Å². The van der Waals surface area contributed by atoms with Crippen molar-refractivity contribution in [3.63, 3.8) is 0 Å². The topological polar surface area (TPSA) is 49.3 Å². The number of amides is 1. The summed E-state index contributed by atoms with van der Waals surface area (Å²) in [5.41, 5.74) is 0. The van der Waals surface area contributed by atoms with E-state index in [1.54, 1.807) is 6.92 Å². The lowest BCUT2D eigenvalue weighted by Crippen LogP contribution is -2.30. The molecule has 0 aliphatic rings. The monoisotopic (exact) mass is 339 g/mol. The summed E-state index contributed by atoms with van der Waals surface area (Å²) < 4.78 is 0. The number of rotatable bonds is 17. The van der Waals surface area contributed by atoms with Gasteiger partial charge >= 0.3 is 0 Å². The highest BCUT2D eigenvalue weighted by Gasteiger charge is 2.02. The highest BCUT2D eigenvalue weighted by atomic mass is 16.3. The molecule has 0 aliphatic heterocycles. The van der Waals surface area contributed by atoms with E-state index in [0.29, 0.717) is 13.0 Å². The minimum absolute atomic E-state index is 0.0635. The van der Waals surface area contributed by atoms with Crippen LogP contribution in [0.2, 0.25) is 0 Å². The maximum atomic E-state index is 11.5. The third-order valence-electron chi connectivity index (χ3n) is 4.26. The molecular formula is C21H41NO2. The van der Waals surface area contributed by atoms with E-state index in [-0.39, 0.29) is 5.91 Å². The molecule has 142 valence electrons. The maximum absolute atomic E-state index is 11.5. The van der Waals surface area contributed by atoms with Crippen LogP contribution in [0.4, 0.5) is 0 Å². The molecule has 0 unspecified atom stereocenters. The van der Waals surface area contributed by atoms with Crippen LogP contribution in [0.25, 0.3) is 0 Å². The molecule has 0 saturated carbocycles. The Balaban J connectivity index is 3.19. The molecule has 2 N–H and O–H groups in total. The Morgan fingerprint density at radius 1 is 0.875 bits per heavy atom. The van der Waals surface area contributed by atoms with Crippen LogP contribution in [0.5, 0.6) is 0 Å². The number of hydrogen-bond donors (Lipinski definition) is 2. The van der Waals surface area contributed by atoms with Crippen LogP contribution in [0.15, 0.2) is 12.2 Å². The number of aliphatic hydroxyl groups is 1. The SMILES string of the molecule is CCCCCCCCC=CCCCCCCCC(=O)NC[C@@H](C)O. The first-order valence-electron chi connectivity index (χ1n) is 10.3. The van der Waals surface area contributed by atoms with E-state index < -0.39 is 6.10 Å². The van der Waals surface area contributed by atoms with Crippen molar-refractivity contribution in [3.8, 4) is 0 Å². The molecule has 0 aliphatic carbocycles. The molecular weight excluding hydrogens is 298 g/mol.